The van der Waals surface area contributed by atoms with Gasteiger partial charge in [0.1, 0.15) is 5.78 Å². The molecule has 0 saturated heterocycles. The third-order valence-corrected chi connectivity index (χ3v) is 4.41. The molecule has 0 spiro atoms. The third kappa shape index (κ3) is 3.74. The smallest absolute Gasteiger partial charge is 0.248 e. The van der Waals surface area contributed by atoms with Crippen molar-refractivity contribution in [2.24, 2.45) is 11.7 Å². The Balaban J connectivity index is 1.80. The maximum atomic E-state index is 13.2. The quantitative estimate of drug-likeness (QED) is 0.840. The summed E-state index contributed by atoms with van der Waals surface area (Å²) in [4.78, 5) is 12.0. The highest BCUT2D eigenvalue weighted by Gasteiger charge is 2.38. The van der Waals surface area contributed by atoms with E-state index in [1.165, 1.54) is 0 Å². The summed E-state index contributed by atoms with van der Waals surface area (Å²) in [5.41, 5.74) is 5.81. The van der Waals surface area contributed by atoms with Crippen LogP contribution in [0, 0.1) is 5.92 Å². The lowest BCUT2D eigenvalue weighted by atomic mass is 9.81. The number of hydrogen-bond acceptors (Lipinski definition) is 2. The van der Waals surface area contributed by atoms with Gasteiger partial charge in [0.05, 0.1) is 0 Å². The van der Waals surface area contributed by atoms with Gasteiger partial charge in [0.2, 0.25) is 5.92 Å². The van der Waals surface area contributed by atoms with Crippen LogP contribution in [0.25, 0.3) is 0 Å². The average Bonchev–Trinajstić information content (AvgIpc) is 2.62. The zero-order valence-electron chi connectivity index (χ0n) is 10.9. The van der Waals surface area contributed by atoms with Crippen LogP contribution in [0.3, 0.4) is 0 Å². The van der Waals surface area contributed by atoms with Crippen molar-refractivity contribution in [2.45, 2.75) is 75.7 Å². The van der Waals surface area contributed by atoms with Crippen molar-refractivity contribution in [3.8, 4) is 0 Å². The third-order valence-electron chi connectivity index (χ3n) is 4.41. The molecular formula is C14H23F2NO. The Morgan fingerprint density at radius 1 is 1.17 bits per heavy atom. The minimum atomic E-state index is -2.56. The Kier molecular flexibility index (Phi) is 4.05. The molecular weight excluding hydrogens is 236 g/mol. The van der Waals surface area contributed by atoms with Crippen molar-refractivity contribution in [1.82, 2.24) is 0 Å². The van der Waals surface area contributed by atoms with Crippen molar-refractivity contribution in [3.05, 3.63) is 0 Å². The molecule has 0 amide bonds. The first-order valence-electron chi connectivity index (χ1n) is 7.07. The topological polar surface area (TPSA) is 43.1 Å². The largest absolute Gasteiger partial charge is 0.325 e. The molecule has 2 rings (SSSR count). The fourth-order valence-electron chi connectivity index (χ4n) is 3.49. The number of alkyl halides is 2. The predicted octanol–water partition coefficient (Wildman–Crippen LogP) is 3.43. The Morgan fingerprint density at radius 2 is 1.83 bits per heavy atom. The van der Waals surface area contributed by atoms with Crippen LogP contribution >= 0.6 is 0 Å². The summed E-state index contributed by atoms with van der Waals surface area (Å²) in [7, 11) is 0. The van der Waals surface area contributed by atoms with E-state index in [1.807, 2.05) is 0 Å². The van der Waals surface area contributed by atoms with Crippen LogP contribution in [0.5, 0.6) is 0 Å². The number of Topliss-reactive ketones (excluding diaryl/α,β-unsaturated/α-hetero) is 1. The fraction of sp³-hybridized carbons (Fsp3) is 0.929. The Hall–Kier alpha value is -0.510. The maximum Gasteiger partial charge on any atom is 0.248 e. The van der Waals surface area contributed by atoms with Crippen LogP contribution in [0.2, 0.25) is 0 Å². The Morgan fingerprint density at radius 3 is 2.44 bits per heavy atom. The van der Waals surface area contributed by atoms with Crippen molar-refractivity contribution >= 4 is 5.78 Å². The standard InChI is InChI=1S/C14H23F2NO/c15-14(16)7-3-4-11(9-14)8-12(18)10-13(17)5-1-2-6-13/h11H,1-10,17H2. The average molecular weight is 259 g/mol. The fourth-order valence-corrected chi connectivity index (χ4v) is 3.49. The van der Waals surface area contributed by atoms with Crippen LogP contribution in [0.1, 0.15) is 64.2 Å². The van der Waals surface area contributed by atoms with E-state index in [9.17, 15) is 13.6 Å². The number of carbonyl (C=O) groups is 1. The van der Waals surface area contributed by atoms with E-state index < -0.39 is 5.92 Å². The van der Waals surface area contributed by atoms with Crippen LogP contribution in [0.4, 0.5) is 8.78 Å². The van der Waals surface area contributed by atoms with E-state index in [2.05, 4.69) is 0 Å². The molecule has 2 saturated carbocycles. The summed E-state index contributed by atoms with van der Waals surface area (Å²) in [6.07, 6.45) is 5.84. The van der Waals surface area contributed by atoms with Gasteiger partial charge in [-0.25, -0.2) is 8.78 Å². The van der Waals surface area contributed by atoms with Gasteiger partial charge in [-0.05, 0) is 31.6 Å². The van der Waals surface area contributed by atoms with E-state index in [0.29, 0.717) is 19.3 Å². The zero-order valence-corrected chi connectivity index (χ0v) is 10.9. The highest BCUT2D eigenvalue weighted by atomic mass is 19.3. The number of carbonyl (C=O) groups excluding carboxylic acids is 1. The molecule has 0 bridgehead atoms. The summed E-state index contributed by atoms with van der Waals surface area (Å²) in [6.45, 7) is 0. The van der Waals surface area contributed by atoms with Gasteiger partial charge in [-0.3, -0.25) is 4.79 Å². The lowest BCUT2D eigenvalue weighted by Crippen LogP contribution is -2.39. The van der Waals surface area contributed by atoms with Gasteiger partial charge >= 0.3 is 0 Å². The van der Waals surface area contributed by atoms with Crippen LogP contribution in [-0.4, -0.2) is 17.2 Å². The Labute approximate surface area is 107 Å². The molecule has 0 aromatic heterocycles. The molecule has 2 N–H and O–H groups in total. The molecule has 0 heterocycles. The van der Waals surface area contributed by atoms with E-state index in [-0.39, 0.29) is 30.1 Å². The minimum Gasteiger partial charge on any atom is -0.325 e. The van der Waals surface area contributed by atoms with Gasteiger partial charge in [-0.15, -0.1) is 0 Å². The zero-order chi connectivity index (χ0) is 13.2. The van der Waals surface area contributed by atoms with E-state index in [0.717, 1.165) is 32.1 Å². The Bertz CT molecular complexity index is 311. The molecule has 1 unspecified atom stereocenters. The first-order valence-corrected chi connectivity index (χ1v) is 7.07. The van der Waals surface area contributed by atoms with Gasteiger partial charge in [-0.1, -0.05) is 12.8 Å². The van der Waals surface area contributed by atoms with Gasteiger partial charge in [0.25, 0.3) is 0 Å². The van der Waals surface area contributed by atoms with Crippen molar-refractivity contribution in [1.29, 1.82) is 0 Å². The predicted molar refractivity (Wildman–Crippen MR) is 66.5 cm³/mol. The number of halogens is 2. The molecule has 0 aromatic carbocycles. The molecule has 18 heavy (non-hydrogen) atoms. The summed E-state index contributed by atoms with van der Waals surface area (Å²) < 4.78 is 26.5. The molecule has 104 valence electrons. The normalized spacial score (nSPS) is 30.3. The molecule has 0 radical (unpaired) electrons. The van der Waals surface area contributed by atoms with E-state index in [1.54, 1.807) is 0 Å². The van der Waals surface area contributed by atoms with Gasteiger partial charge in [0, 0.05) is 31.2 Å². The first kappa shape index (κ1) is 13.9. The van der Waals surface area contributed by atoms with Crippen molar-refractivity contribution in [2.75, 3.05) is 0 Å². The molecule has 2 fully saturated rings. The van der Waals surface area contributed by atoms with E-state index in [4.69, 9.17) is 5.73 Å². The lowest BCUT2D eigenvalue weighted by molar-refractivity contribution is -0.122. The highest BCUT2D eigenvalue weighted by molar-refractivity contribution is 5.79. The van der Waals surface area contributed by atoms with Crippen LogP contribution in [-0.2, 0) is 4.79 Å². The number of hydrogen-bond donors (Lipinski definition) is 1. The highest BCUT2D eigenvalue weighted by Crippen LogP contribution is 2.39. The minimum absolute atomic E-state index is 0.0154. The second-order valence-corrected chi connectivity index (χ2v) is 6.31. The maximum absolute atomic E-state index is 13.2. The molecule has 1 atom stereocenters. The lowest BCUT2D eigenvalue weighted by Gasteiger charge is -2.29. The van der Waals surface area contributed by atoms with E-state index >= 15 is 0 Å². The summed E-state index contributed by atoms with van der Waals surface area (Å²) in [6, 6.07) is 0. The first-order chi connectivity index (χ1) is 8.39. The molecule has 2 aliphatic carbocycles. The van der Waals surface area contributed by atoms with Crippen molar-refractivity contribution < 1.29 is 13.6 Å². The number of rotatable bonds is 4. The molecule has 0 aliphatic heterocycles. The summed E-state index contributed by atoms with van der Waals surface area (Å²) in [5.74, 6) is -2.61. The molecule has 0 aromatic rings. The van der Waals surface area contributed by atoms with Crippen LogP contribution in [0.15, 0.2) is 0 Å². The summed E-state index contributed by atoms with van der Waals surface area (Å²) in [5, 5.41) is 0. The van der Waals surface area contributed by atoms with Crippen LogP contribution < -0.4 is 5.73 Å². The summed E-state index contributed by atoms with van der Waals surface area (Å²) >= 11 is 0. The molecule has 2 aliphatic rings. The van der Waals surface area contributed by atoms with Gasteiger partial charge in [-0.2, -0.15) is 0 Å². The van der Waals surface area contributed by atoms with Gasteiger partial charge in [0.15, 0.2) is 0 Å². The molecule has 2 nitrogen and oxygen atoms in total. The number of nitrogens with two attached hydrogens (primary N) is 1. The monoisotopic (exact) mass is 259 g/mol. The second kappa shape index (κ2) is 5.24. The SMILES string of the molecule is NC1(CC(=O)CC2CCCC(F)(F)C2)CCCC1. The second-order valence-electron chi connectivity index (χ2n) is 6.31. The van der Waals surface area contributed by atoms with Crippen molar-refractivity contribution in [3.63, 3.8) is 0 Å². The van der Waals surface area contributed by atoms with Gasteiger partial charge < -0.3 is 5.73 Å². The number of ketones is 1. The molecule has 4 heteroatoms.